The first-order valence-electron chi connectivity index (χ1n) is 10.4. The smallest absolute Gasteiger partial charge is 0.263 e. The van der Waals surface area contributed by atoms with Crippen LogP contribution >= 0.6 is 11.3 Å². The molecule has 1 aliphatic carbocycles. The van der Waals surface area contributed by atoms with Gasteiger partial charge in [0.05, 0.1) is 17.6 Å². The fourth-order valence-corrected chi connectivity index (χ4v) is 4.79. The lowest BCUT2D eigenvalue weighted by atomic mass is 9.86. The second kappa shape index (κ2) is 9.31. The fraction of sp³-hybridized carbons (Fsp3) is 0.455. The minimum Gasteiger partial charge on any atom is -0.347 e. The van der Waals surface area contributed by atoms with Crippen molar-refractivity contribution in [3.8, 4) is 5.13 Å². The molecule has 0 bridgehead atoms. The minimum atomic E-state index is -0.104. The third kappa shape index (κ3) is 5.09. The van der Waals surface area contributed by atoms with E-state index >= 15 is 0 Å². The predicted octanol–water partition coefficient (Wildman–Crippen LogP) is 4.48. The van der Waals surface area contributed by atoms with E-state index in [0.29, 0.717) is 16.6 Å². The van der Waals surface area contributed by atoms with Gasteiger partial charge in [-0.15, -0.1) is 5.10 Å². The highest BCUT2D eigenvalue weighted by Gasteiger charge is 2.18. The number of carbonyl (C=O) groups is 1. The minimum absolute atomic E-state index is 0.104. The lowest BCUT2D eigenvalue weighted by Crippen LogP contribution is -2.22. The van der Waals surface area contributed by atoms with Crippen molar-refractivity contribution in [2.24, 2.45) is 5.92 Å². The summed E-state index contributed by atoms with van der Waals surface area (Å²) in [7, 11) is 0. The van der Waals surface area contributed by atoms with Crippen LogP contribution in [0, 0.1) is 12.8 Å². The normalized spacial score (nSPS) is 14.8. The Balaban J connectivity index is 1.37. The molecule has 7 heteroatoms. The Morgan fingerprint density at radius 1 is 1.21 bits per heavy atom. The molecule has 1 aromatic carbocycles. The molecule has 0 unspecified atom stereocenters. The zero-order valence-electron chi connectivity index (χ0n) is 16.8. The van der Waals surface area contributed by atoms with E-state index in [9.17, 15) is 4.79 Å². The van der Waals surface area contributed by atoms with Crippen molar-refractivity contribution in [3.05, 3.63) is 58.4 Å². The summed E-state index contributed by atoms with van der Waals surface area (Å²) < 4.78 is 1.70. The molecule has 0 radical (unpaired) electrons. The van der Waals surface area contributed by atoms with Crippen LogP contribution in [0.4, 0.5) is 0 Å². The van der Waals surface area contributed by atoms with Gasteiger partial charge in [-0.25, -0.2) is 4.98 Å². The Hall–Kier alpha value is -2.54. The van der Waals surface area contributed by atoms with Gasteiger partial charge in [0.25, 0.3) is 5.91 Å². The number of aromatic nitrogens is 4. The van der Waals surface area contributed by atoms with Crippen LogP contribution in [0.3, 0.4) is 0 Å². The van der Waals surface area contributed by atoms with Crippen molar-refractivity contribution in [3.63, 3.8) is 0 Å². The number of aryl methyl sites for hydroxylation is 2. The van der Waals surface area contributed by atoms with Gasteiger partial charge in [-0.3, -0.25) is 4.79 Å². The van der Waals surface area contributed by atoms with Crippen LogP contribution in [0.1, 0.15) is 65.1 Å². The Morgan fingerprint density at radius 2 is 2.00 bits per heavy atom. The van der Waals surface area contributed by atoms with Crippen molar-refractivity contribution in [1.82, 2.24) is 25.3 Å². The van der Waals surface area contributed by atoms with Gasteiger partial charge >= 0.3 is 0 Å². The van der Waals surface area contributed by atoms with Crippen molar-refractivity contribution in [2.75, 3.05) is 0 Å². The molecule has 0 aliphatic heterocycles. The first-order chi connectivity index (χ1) is 14.2. The molecule has 1 amide bonds. The molecule has 29 heavy (non-hydrogen) atoms. The maximum absolute atomic E-state index is 12.6. The number of nitrogens with zero attached hydrogens (tertiary/aromatic N) is 4. The van der Waals surface area contributed by atoms with Crippen LogP contribution in [-0.2, 0) is 13.0 Å². The van der Waals surface area contributed by atoms with Crippen molar-refractivity contribution >= 4 is 17.2 Å². The average Bonchev–Trinajstić information content (AvgIpc) is 3.39. The molecule has 1 saturated carbocycles. The summed E-state index contributed by atoms with van der Waals surface area (Å²) in [6, 6.07) is 9.89. The number of carbonyl (C=O) groups excluding carboxylic acids is 1. The van der Waals surface area contributed by atoms with Crippen molar-refractivity contribution in [1.29, 1.82) is 0 Å². The third-order valence-corrected chi connectivity index (χ3v) is 6.70. The van der Waals surface area contributed by atoms with E-state index in [1.54, 1.807) is 4.68 Å². The van der Waals surface area contributed by atoms with Crippen molar-refractivity contribution in [2.45, 2.75) is 58.4 Å². The van der Waals surface area contributed by atoms with Gasteiger partial charge in [0.15, 0.2) is 0 Å². The molecule has 3 aromatic rings. The van der Waals surface area contributed by atoms with Crippen LogP contribution in [0.5, 0.6) is 0 Å². The van der Waals surface area contributed by atoms with E-state index in [4.69, 9.17) is 0 Å². The van der Waals surface area contributed by atoms with Gasteiger partial charge in [0, 0.05) is 6.54 Å². The maximum Gasteiger partial charge on any atom is 0.263 e. The predicted molar refractivity (Wildman–Crippen MR) is 114 cm³/mol. The molecule has 1 aliphatic rings. The summed E-state index contributed by atoms with van der Waals surface area (Å²) in [5.74, 6) is 0.726. The van der Waals surface area contributed by atoms with Gasteiger partial charge in [-0.1, -0.05) is 79.0 Å². The summed E-state index contributed by atoms with van der Waals surface area (Å²) in [6.45, 7) is 2.36. The fourth-order valence-electron chi connectivity index (χ4n) is 3.88. The number of rotatable bonds is 7. The van der Waals surface area contributed by atoms with Gasteiger partial charge in [0.2, 0.25) is 5.13 Å². The lowest BCUT2D eigenvalue weighted by Gasteiger charge is -2.20. The molecule has 1 fully saturated rings. The summed E-state index contributed by atoms with van der Waals surface area (Å²) in [4.78, 5) is 17.7. The highest BCUT2D eigenvalue weighted by atomic mass is 32.1. The number of thiazole rings is 1. The molecule has 2 heterocycles. The molecule has 1 N–H and O–H groups in total. The monoisotopic (exact) mass is 409 g/mol. The van der Waals surface area contributed by atoms with Gasteiger partial charge in [0.1, 0.15) is 4.88 Å². The quantitative estimate of drug-likeness (QED) is 0.625. The third-order valence-electron chi connectivity index (χ3n) is 5.56. The first-order valence-corrected chi connectivity index (χ1v) is 11.2. The Kier molecular flexibility index (Phi) is 6.34. The molecular weight excluding hydrogens is 382 g/mol. The molecule has 6 nitrogen and oxygen atoms in total. The summed E-state index contributed by atoms with van der Waals surface area (Å²) in [5.41, 5.74) is 2.79. The molecule has 2 aromatic heterocycles. The highest BCUT2D eigenvalue weighted by molar-refractivity contribution is 7.16. The second-order valence-electron chi connectivity index (χ2n) is 7.78. The molecule has 0 saturated heterocycles. The van der Waals surface area contributed by atoms with E-state index in [-0.39, 0.29) is 5.91 Å². The van der Waals surface area contributed by atoms with E-state index in [0.717, 1.165) is 29.3 Å². The van der Waals surface area contributed by atoms with Crippen LogP contribution in [0.2, 0.25) is 0 Å². The largest absolute Gasteiger partial charge is 0.347 e. The summed E-state index contributed by atoms with van der Waals surface area (Å²) in [5, 5.41) is 12.2. The first kappa shape index (κ1) is 19.8. The lowest BCUT2D eigenvalue weighted by molar-refractivity contribution is 0.0954. The Morgan fingerprint density at radius 3 is 2.79 bits per heavy atom. The molecule has 0 atom stereocenters. The number of benzene rings is 1. The average molecular weight is 410 g/mol. The van der Waals surface area contributed by atoms with Gasteiger partial charge in [-0.05, 0) is 31.2 Å². The van der Waals surface area contributed by atoms with Crippen LogP contribution in [0.25, 0.3) is 5.13 Å². The maximum atomic E-state index is 12.6. The molecule has 152 valence electrons. The zero-order chi connectivity index (χ0) is 20.1. The van der Waals surface area contributed by atoms with Crippen LogP contribution in [0.15, 0.2) is 36.5 Å². The highest BCUT2D eigenvalue weighted by Crippen LogP contribution is 2.27. The standard InChI is InChI=1S/C22H27N5OS/c1-16-20(21(28)23-14-18-10-6-3-7-11-18)29-22(24-16)27-15-19(25-26-27)13-12-17-8-4-2-5-9-17/h3,6-7,10-11,15,17H,2,4-5,8-9,12-14H2,1H3,(H,23,28). The van der Waals surface area contributed by atoms with E-state index in [1.807, 2.05) is 43.5 Å². The van der Waals surface area contributed by atoms with Crippen molar-refractivity contribution < 1.29 is 4.79 Å². The van der Waals surface area contributed by atoms with Gasteiger partial charge in [-0.2, -0.15) is 4.68 Å². The van der Waals surface area contributed by atoms with Crippen LogP contribution < -0.4 is 5.32 Å². The molecular formula is C22H27N5OS. The SMILES string of the molecule is Cc1nc(-n2cc(CCC3CCCCC3)nn2)sc1C(=O)NCc1ccccc1. The summed E-state index contributed by atoms with van der Waals surface area (Å²) >= 11 is 1.35. The van der Waals surface area contributed by atoms with E-state index in [2.05, 4.69) is 20.6 Å². The number of hydrogen-bond acceptors (Lipinski definition) is 5. The Bertz CT molecular complexity index is 943. The van der Waals surface area contributed by atoms with E-state index in [1.165, 1.54) is 49.9 Å². The summed E-state index contributed by atoms with van der Waals surface area (Å²) in [6.07, 6.45) is 10.9. The van der Waals surface area contributed by atoms with Gasteiger partial charge < -0.3 is 5.32 Å². The Labute approximate surface area is 175 Å². The topological polar surface area (TPSA) is 72.7 Å². The van der Waals surface area contributed by atoms with E-state index < -0.39 is 0 Å². The molecule has 4 rings (SSSR count). The molecule has 0 spiro atoms. The van der Waals surface area contributed by atoms with Crippen LogP contribution in [-0.4, -0.2) is 25.9 Å². The number of hydrogen-bond donors (Lipinski definition) is 1. The zero-order valence-corrected chi connectivity index (χ0v) is 17.6. The number of amides is 1. The second-order valence-corrected chi connectivity index (χ2v) is 8.75. The number of nitrogens with one attached hydrogen (secondary N) is 1.